The maximum Gasteiger partial charge on any atom is 0.264 e. The Morgan fingerprint density at radius 1 is 0.926 bits per heavy atom. The number of thiophene rings is 1. The number of hydrogen-bond acceptors (Lipinski definition) is 3. The van der Waals surface area contributed by atoms with Gasteiger partial charge in [-0.1, -0.05) is 35.9 Å². The van der Waals surface area contributed by atoms with Crippen molar-refractivity contribution in [2.24, 2.45) is 0 Å². The van der Waals surface area contributed by atoms with Crippen molar-refractivity contribution in [3.8, 4) is 10.4 Å². The molecule has 1 aliphatic heterocycles. The quantitative estimate of drug-likeness (QED) is 0.605. The van der Waals surface area contributed by atoms with Crippen molar-refractivity contribution in [3.63, 3.8) is 0 Å². The van der Waals surface area contributed by atoms with Crippen molar-refractivity contribution >= 4 is 34.5 Å². The Balaban J connectivity index is 1.43. The van der Waals surface area contributed by atoms with Crippen LogP contribution in [0.25, 0.3) is 10.4 Å². The third-order valence-electron chi connectivity index (χ3n) is 4.71. The first kappa shape index (κ1) is 18.0. The van der Waals surface area contributed by atoms with Crippen molar-refractivity contribution in [3.05, 3.63) is 76.4 Å². The number of carbonyl (C=O) groups excluding carboxylic acids is 1. The summed E-state index contributed by atoms with van der Waals surface area (Å²) in [5.74, 6) is -0.184. The van der Waals surface area contributed by atoms with Crippen molar-refractivity contribution in [1.29, 1.82) is 0 Å². The molecule has 27 heavy (non-hydrogen) atoms. The lowest BCUT2D eigenvalue weighted by atomic mass is 10.2. The molecule has 0 radical (unpaired) electrons. The van der Waals surface area contributed by atoms with Crippen LogP contribution in [0.5, 0.6) is 0 Å². The van der Waals surface area contributed by atoms with Gasteiger partial charge in [0.1, 0.15) is 5.82 Å². The molecular formula is C21H18ClFN2OS. The predicted octanol–water partition coefficient (Wildman–Crippen LogP) is 5.17. The van der Waals surface area contributed by atoms with Crippen LogP contribution in [0.4, 0.5) is 10.1 Å². The van der Waals surface area contributed by atoms with Crippen molar-refractivity contribution < 1.29 is 9.18 Å². The number of rotatable bonds is 3. The lowest BCUT2D eigenvalue weighted by Gasteiger charge is -2.36. The molecule has 4 rings (SSSR count). The highest BCUT2D eigenvalue weighted by molar-refractivity contribution is 7.17. The van der Waals surface area contributed by atoms with Gasteiger partial charge in [0.05, 0.1) is 10.6 Å². The minimum Gasteiger partial charge on any atom is -0.366 e. The third kappa shape index (κ3) is 3.84. The molecule has 0 atom stereocenters. The molecule has 0 saturated carbocycles. The van der Waals surface area contributed by atoms with Crippen molar-refractivity contribution in [1.82, 2.24) is 4.90 Å². The van der Waals surface area contributed by atoms with Gasteiger partial charge in [-0.15, -0.1) is 11.3 Å². The molecule has 0 bridgehead atoms. The molecule has 1 aromatic heterocycles. The summed E-state index contributed by atoms with van der Waals surface area (Å²) in [4.78, 5) is 18.4. The van der Waals surface area contributed by atoms with Crippen LogP contribution in [0.15, 0.2) is 60.7 Å². The van der Waals surface area contributed by atoms with Crippen molar-refractivity contribution in [2.45, 2.75) is 0 Å². The second kappa shape index (κ2) is 7.71. The number of amides is 1. The molecule has 1 amide bonds. The van der Waals surface area contributed by atoms with E-state index in [-0.39, 0.29) is 11.7 Å². The Kier molecular flexibility index (Phi) is 5.14. The summed E-state index contributed by atoms with van der Waals surface area (Å²) in [7, 11) is 0. The van der Waals surface area contributed by atoms with Crippen LogP contribution >= 0.6 is 22.9 Å². The summed E-state index contributed by atoms with van der Waals surface area (Å²) in [6, 6.07) is 18.2. The van der Waals surface area contributed by atoms with E-state index < -0.39 is 0 Å². The number of para-hydroxylation sites is 1. The lowest BCUT2D eigenvalue weighted by Crippen LogP contribution is -2.48. The Morgan fingerprint density at radius 2 is 1.63 bits per heavy atom. The fourth-order valence-corrected chi connectivity index (χ4v) is 4.34. The second-order valence-corrected chi connectivity index (χ2v) is 7.92. The zero-order valence-corrected chi connectivity index (χ0v) is 16.1. The van der Waals surface area contributed by atoms with Gasteiger partial charge >= 0.3 is 0 Å². The fourth-order valence-electron chi connectivity index (χ4n) is 3.24. The van der Waals surface area contributed by atoms with Gasteiger partial charge in [0.15, 0.2) is 0 Å². The van der Waals surface area contributed by atoms with E-state index in [2.05, 4.69) is 0 Å². The standard InChI is InChI=1S/C21H18ClFN2OS/c22-16-7-5-15(6-8-16)19-9-10-20(27-19)21(26)25-13-11-24(12-14-25)18-4-2-1-3-17(18)23/h1-10H,11-14H2. The van der Waals surface area contributed by atoms with E-state index in [1.165, 1.54) is 17.4 Å². The second-order valence-electron chi connectivity index (χ2n) is 6.40. The summed E-state index contributed by atoms with van der Waals surface area (Å²) in [5.41, 5.74) is 1.65. The van der Waals surface area contributed by atoms with Crippen molar-refractivity contribution in [2.75, 3.05) is 31.1 Å². The normalized spacial score (nSPS) is 14.4. The molecule has 138 valence electrons. The fraction of sp³-hybridized carbons (Fsp3) is 0.190. The number of halogens is 2. The molecule has 3 nitrogen and oxygen atoms in total. The van der Waals surface area contributed by atoms with Crippen LogP contribution in [0, 0.1) is 5.82 Å². The molecule has 0 N–H and O–H groups in total. The van der Waals surface area contributed by atoms with Gasteiger partial charge in [0, 0.05) is 36.1 Å². The number of benzene rings is 2. The summed E-state index contributed by atoms with van der Waals surface area (Å²) < 4.78 is 14.0. The van der Waals surface area contributed by atoms with Gasteiger partial charge in [-0.2, -0.15) is 0 Å². The first-order chi connectivity index (χ1) is 13.1. The molecule has 1 saturated heterocycles. The number of anilines is 1. The number of carbonyl (C=O) groups is 1. The highest BCUT2D eigenvalue weighted by Gasteiger charge is 2.24. The maximum absolute atomic E-state index is 14.0. The summed E-state index contributed by atoms with van der Waals surface area (Å²) in [6.45, 7) is 2.42. The average molecular weight is 401 g/mol. The molecule has 3 aromatic rings. The molecule has 2 heterocycles. The molecular weight excluding hydrogens is 383 g/mol. The predicted molar refractivity (Wildman–Crippen MR) is 109 cm³/mol. The molecule has 6 heteroatoms. The summed E-state index contributed by atoms with van der Waals surface area (Å²) in [6.07, 6.45) is 0. The lowest BCUT2D eigenvalue weighted by molar-refractivity contribution is 0.0751. The van der Waals surface area contributed by atoms with E-state index in [0.717, 1.165) is 15.3 Å². The highest BCUT2D eigenvalue weighted by atomic mass is 35.5. The van der Waals surface area contributed by atoms with E-state index in [1.807, 2.05) is 52.3 Å². The zero-order chi connectivity index (χ0) is 18.8. The number of piperazine rings is 1. The van der Waals surface area contributed by atoms with E-state index in [1.54, 1.807) is 12.1 Å². The number of nitrogens with zero attached hydrogens (tertiary/aromatic N) is 2. The van der Waals surface area contributed by atoms with Crippen LogP contribution < -0.4 is 4.90 Å². The summed E-state index contributed by atoms with van der Waals surface area (Å²) >= 11 is 7.42. The van der Waals surface area contributed by atoms with E-state index in [9.17, 15) is 9.18 Å². The van der Waals surface area contributed by atoms with Crippen LogP contribution in [0.2, 0.25) is 5.02 Å². The Hall–Kier alpha value is -2.37. The molecule has 1 aliphatic rings. The van der Waals surface area contributed by atoms with Crippen LogP contribution in [-0.2, 0) is 0 Å². The van der Waals surface area contributed by atoms with E-state index >= 15 is 0 Å². The topological polar surface area (TPSA) is 23.6 Å². The molecule has 0 aliphatic carbocycles. The van der Waals surface area contributed by atoms with Gasteiger partial charge < -0.3 is 9.80 Å². The SMILES string of the molecule is O=C(c1ccc(-c2ccc(Cl)cc2)s1)N1CCN(c2ccccc2F)CC1. The first-order valence-electron chi connectivity index (χ1n) is 8.76. The van der Waals surface area contributed by atoms with Gasteiger partial charge in [0.2, 0.25) is 0 Å². The van der Waals surface area contributed by atoms with Crippen LogP contribution in [-0.4, -0.2) is 37.0 Å². The first-order valence-corrected chi connectivity index (χ1v) is 9.96. The molecule has 0 spiro atoms. The van der Waals surface area contributed by atoms with Gasteiger partial charge in [-0.25, -0.2) is 4.39 Å². The Labute approximate surface area is 166 Å². The molecule has 0 unspecified atom stereocenters. The van der Waals surface area contributed by atoms with Gasteiger partial charge in [-0.05, 0) is 42.0 Å². The monoisotopic (exact) mass is 400 g/mol. The Morgan fingerprint density at radius 3 is 2.33 bits per heavy atom. The Bertz CT molecular complexity index is 949. The van der Waals surface area contributed by atoms with E-state index in [4.69, 9.17) is 11.6 Å². The smallest absolute Gasteiger partial charge is 0.264 e. The number of hydrogen-bond donors (Lipinski definition) is 0. The maximum atomic E-state index is 14.0. The van der Waals surface area contributed by atoms with Gasteiger partial charge in [-0.3, -0.25) is 4.79 Å². The zero-order valence-electron chi connectivity index (χ0n) is 14.6. The highest BCUT2D eigenvalue weighted by Crippen LogP contribution is 2.30. The minimum atomic E-state index is -0.219. The molecule has 2 aromatic carbocycles. The molecule has 1 fully saturated rings. The van der Waals surface area contributed by atoms with E-state index in [0.29, 0.717) is 36.9 Å². The summed E-state index contributed by atoms with van der Waals surface area (Å²) in [5, 5.41) is 0.694. The van der Waals surface area contributed by atoms with Crippen LogP contribution in [0.3, 0.4) is 0 Å². The average Bonchev–Trinajstić information content (AvgIpc) is 3.19. The van der Waals surface area contributed by atoms with Gasteiger partial charge in [0.25, 0.3) is 5.91 Å². The third-order valence-corrected chi connectivity index (χ3v) is 6.08. The van der Waals surface area contributed by atoms with Crippen LogP contribution in [0.1, 0.15) is 9.67 Å². The minimum absolute atomic E-state index is 0.0356. The largest absolute Gasteiger partial charge is 0.366 e.